The van der Waals surface area contributed by atoms with Crippen LogP contribution in [0.25, 0.3) is 0 Å². The van der Waals surface area contributed by atoms with Crippen molar-refractivity contribution in [3.05, 3.63) is 71.3 Å². The van der Waals surface area contributed by atoms with Crippen LogP contribution in [0.5, 0.6) is 0 Å². The normalized spacial score (nSPS) is 12.6. The zero-order valence-corrected chi connectivity index (χ0v) is 12.6. The molecule has 0 aliphatic rings. The van der Waals surface area contributed by atoms with E-state index in [9.17, 15) is 4.39 Å². The van der Waals surface area contributed by atoms with E-state index in [-0.39, 0.29) is 0 Å². The Balaban J connectivity index is 2.51. The van der Waals surface area contributed by atoms with Gasteiger partial charge in [0.15, 0.2) is 0 Å². The zero-order chi connectivity index (χ0) is 15.2. The van der Waals surface area contributed by atoms with E-state index < -0.39 is 5.95 Å². The van der Waals surface area contributed by atoms with Crippen molar-refractivity contribution < 1.29 is 4.39 Å². The number of allylic oxidation sites excluding steroid dienone is 2. The van der Waals surface area contributed by atoms with E-state index in [0.29, 0.717) is 0 Å². The highest BCUT2D eigenvalue weighted by atomic mass is 19.1. The first-order valence-corrected chi connectivity index (χ1v) is 7.03. The lowest BCUT2D eigenvalue weighted by molar-refractivity contribution is 0.583. The highest BCUT2D eigenvalue weighted by Gasteiger charge is 2.04. The minimum atomic E-state index is -0.481. The number of halogens is 1. The van der Waals surface area contributed by atoms with Crippen LogP contribution in [0.1, 0.15) is 31.4 Å². The monoisotopic (exact) mass is 282 g/mol. The highest BCUT2D eigenvalue weighted by Crippen LogP contribution is 2.20. The topological polar surface area (TPSA) is 25.2 Å². The molecule has 2 aromatic rings. The number of aryl methyl sites for hydroxylation is 1. The summed E-state index contributed by atoms with van der Waals surface area (Å²) in [7, 11) is 0. The summed E-state index contributed by atoms with van der Waals surface area (Å²) in [5.74, 6) is -0.481. The number of hydrogen-bond donors (Lipinski definition) is 0. The van der Waals surface area contributed by atoms with Gasteiger partial charge in [0.1, 0.15) is 0 Å². The first kappa shape index (κ1) is 15.1. The molecule has 108 valence electrons. The molecule has 0 atom stereocenters. The van der Waals surface area contributed by atoms with Crippen LogP contribution >= 0.6 is 0 Å². The summed E-state index contributed by atoms with van der Waals surface area (Å²) in [5.41, 5.74) is 4.85. The second-order valence-corrected chi connectivity index (χ2v) is 5.00. The number of nitrogens with zero attached hydrogens (tertiary/aromatic N) is 2. The number of para-hydroxylation sites is 1. The Labute approximate surface area is 125 Å². The van der Waals surface area contributed by atoms with Gasteiger partial charge in [0.2, 0.25) is 5.95 Å². The first-order valence-electron chi connectivity index (χ1n) is 7.03. The molecule has 0 amide bonds. The lowest BCUT2D eigenvalue weighted by Crippen LogP contribution is -2.00. The lowest BCUT2D eigenvalue weighted by atomic mass is 10.1. The maximum Gasteiger partial charge on any atom is 0.212 e. The van der Waals surface area contributed by atoms with Gasteiger partial charge >= 0.3 is 0 Å². The summed E-state index contributed by atoms with van der Waals surface area (Å²) < 4.78 is 13.0. The summed E-state index contributed by atoms with van der Waals surface area (Å²) in [6, 6.07) is 11.0. The summed E-state index contributed by atoms with van der Waals surface area (Å²) in [4.78, 5) is 8.44. The third kappa shape index (κ3) is 4.09. The van der Waals surface area contributed by atoms with Gasteiger partial charge in [-0.3, -0.25) is 0 Å². The Morgan fingerprint density at radius 3 is 2.62 bits per heavy atom. The summed E-state index contributed by atoms with van der Waals surface area (Å²) in [5, 5.41) is 0. The van der Waals surface area contributed by atoms with Crippen molar-refractivity contribution in [3.8, 4) is 0 Å². The molecule has 2 rings (SSSR count). The predicted octanol–water partition coefficient (Wildman–Crippen LogP) is 5.01. The maximum absolute atomic E-state index is 13.0. The summed E-state index contributed by atoms with van der Waals surface area (Å²) in [6.07, 6.45) is 4.49. The molecule has 0 unspecified atom stereocenters. The molecule has 2 nitrogen and oxygen atoms in total. The Hall–Kier alpha value is -2.29. The minimum Gasteiger partial charge on any atom is -0.248 e. The van der Waals surface area contributed by atoms with Gasteiger partial charge in [0, 0.05) is 11.8 Å². The van der Waals surface area contributed by atoms with Crippen molar-refractivity contribution in [2.75, 3.05) is 0 Å². The fourth-order valence-corrected chi connectivity index (χ4v) is 1.86. The average molecular weight is 282 g/mol. The molecular weight excluding hydrogens is 263 g/mol. The molecule has 0 N–H and O–H groups in total. The fraction of sp³-hybridized carbons (Fsp3) is 0.222. The molecule has 0 bridgehead atoms. The van der Waals surface area contributed by atoms with Gasteiger partial charge in [-0.25, -0.2) is 9.98 Å². The minimum absolute atomic E-state index is 0.481. The Morgan fingerprint density at radius 2 is 2.00 bits per heavy atom. The number of pyridine rings is 1. The number of aliphatic imine (C=N–C) groups is 1. The van der Waals surface area contributed by atoms with E-state index in [0.717, 1.165) is 28.9 Å². The number of hydrogen-bond acceptors (Lipinski definition) is 2. The molecule has 0 aliphatic heterocycles. The van der Waals surface area contributed by atoms with Crippen LogP contribution in [-0.2, 0) is 0 Å². The maximum atomic E-state index is 13.0. The fourth-order valence-electron chi connectivity index (χ4n) is 1.86. The molecular formula is C18H19FN2. The molecule has 1 heterocycles. The molecule has 3 heteroatoms. The quantitative estimate of drug-likeness (QED) is 0.572. The van der Waals surface area contributed by atoms with Gasteiger partial charge in [-0.2, -0.15) is 4.39 Å². The van der Waals surface area contributed by atoms with E-state index in [1.807, 2.05) is 37.3 Å². The highest BCUT2D eigenvalue weighted by molar-refractivity contribution is 6.10. The van der Waals surface area contributed by atoms with Gasteiger partial charge in [0.05, 0.1) is 11.4 Å². The van der Waals surface area contributed by atoms with Gasteiger partial charge < -0.3 is 0 Å². The number of rotatable bonds is 4. The Kier molecular flexibility index (Phi) is 4.99. The Morgan fingerprint density at radius 1 is 1.24 bits per heavy atom. The second kappa shape index (κ2) is 6.93. The molecule has 0 radical (unpaired) electrons. The van der Waals surface area contributed by atoms with Crippen molar-refractivity contribution in [3.63, 3.8) is 0 Å². The van der Waals surface area contributed by atoms with Crippen LogP contribution < -0.4 is 0 Å². The molecule has 0 saturated heterocycles. The van der Waals surface area contributed by atoms with Crippen LogP contribution in [0.15, 0.2) is 59.2 Å². The molecule has 0 aliphatic carbocycles. The predicted molar refractivity (Wildman–Crippen MR) is 85.6 cm³/mol. The van der Waals surface area contributed by atoms with Crippen LogP contribution in [0.3, 0.4) is 0 Å². The van der Waals surface area contributed by atoms with Gasteiger partial charge in [-0.05, 0) is 50.1 Å². The van der Waals surface area contributed by atoms with Crippen molar-refractivity contribution in [2.45, 2.75) is 27.2 Å². The van der Waals surface area contributed by atoms with Crippen LogP contribution in [0, 0.1) is 12.9 Å². The summed E-state index contributed by atoms with van der Waals surface area (Å²) >= 11 is 0. The number of benzene rings is 1. The van der Waals surface area contributed by atoms with Crippen molar-refractivity contribution in [2.24, 2.45) is 4.99 Å². The molecule has 21 heavy (non-hydrogen) atoms. The van der Waals surface area contributed by atoms with Gasteiger partial charge in [0.25, 0.3) is 0 Å². The average Bonchev–Trinajstić information content (AvgIpc) is 2.49. The molecule has 1 aromatic carbocycles. The Bertz CT molecular complexity index is 670. The van der Waals surface area contributed by atoms with Crippen LogP contribution in [-0.4, -0.2) is 10.7 Å². The molecule has 0 fully saturated rings. The molecule has 0 spiro atoms. The van der Waals surface area contributed by atoms with Gasteiger partial charge in [-0.15, -0.1) is 0 Å². The molecule has 1 aromatic heterocycles. The van der Waals surface area contributed by atoms with E-state index in [4.69, 9.17) is 4.99 Å². The molecule has 0 saturated carbocycles. The van der Waals surface area contributed by atoms with Crippen LogP contribution in [0.4, 0.5) is 10.1 Å². The standard InChI is InChI=1S/C18H19FN2/c1-4-13(2)11-17(15-9-10-18(19)20-12-15)21-16-8-6-5-7-14(16)3/h5-12H,4H2,1-3H3. The number of aromatic nitrogens is 1. The van der Waals surface area contributed by atoms with Crippen molar-refractivity contribution in [1.82, 2.24) is 4.98 Å². The van der Waals surface area contributed by atoms with Crippen molar-refractivity contribution >= 4 is 11.4 Å². The van der Waals surface area contributed by atoms with E-state index in [2.05, 4.69) is 18.8 Å². The van der Waals surface area contributed by atoms with Gasteiger partial charge in [-0.1, -0.05) is 30.7 Å². The largest absolute Gasteiger partial charge is 0.248 e. The van der Waals surface area contributed by atoms with E-state index in [1.165, 1.54) is 17.8 Å². The first-order chi connectivity index (χ1) is 10.1. The third-order valence-corrected chi connectivity index (χ3v) is 3.32. The van der Waals surface area contributed by atoms with E-state index >= 15 is 0 Å². The smallest absolute Gasteiger partial charge is 0.212 e. The van der Waals surface area contributed by atoms with E-state index in [1.54, 1.807) is 6.07 Å². The lowest BCUT2D eigenvalue weighted by Gasteiger charge is -2.06. The van der Waals surface area contributed by atoms with Crippen LogP contribution in [0.2, 0.25) is 0 Å². The second-order valence-electron chi connectivity index (χ2n) is 5.00. The van der Waals surface area contributed by atoms with Crippen molar-refractivity contribution in [1.29, 1.82) is 0 Å². The summed E-state index contributed by atoms with van der Waals surface area (Å²) in [6.45, 7) is 6.18. The SMILES string of the molecule is CCC(C)=CC(=Nc1ccccc1C)c1ccc(F)nc1. The zero-order valence-electron chi connectivity index (χ0n) is 12.6. The third-order valence-electron chi connectivity index (χ3n) is 3.32.